The van der Waals surface area contributed by atoms with E-state index in [2.05, 4.69) is 11.8 Å². The SMILES string of the molecule is CCN(C1CCC(N)CC1)C1CCC(OC)CC1. The molecule has 3 nitrogen and oxygen atoms in total. The van der Waals surface area contributed by atoms with Crippen LogP contribution >= 0.6 is 0 Å². The van der Waals surface area contributed by atoms with Gasteiger partial charge in [-0.1, -0.05) is 6.92 Å². The normalized spacial score (nSPS) is 38.0. The molecule has 2 fully saturated rings. The molecule has 0 aromatic heterocycles. The number of methoxy groups -OCH3 is 1. The monoisotopic (exact) mass is 254 g/mol. The summed E-state index contributed by atoms with van der Waals surface area (Å²) in [4.78, 5) is 2.76. The predicted molar refractivity (Wildman–Crippen MR) is 75.7 cm³/mol. The summed E-state index contributed by atoms with van der Waals surface area (Å²) < 4.78 is 5.48. The number of hydrogen-bond acceptors (Lipinski definition) is 3. The van der Waals surface area contributed by atoms with Gasteiger partial charge in [-0.2, -0.15) is 0 Å². The standard InChI is InChI=1S/C15H30N2O/c1-3-17(13-6-4-12(16)5-7-13)14-8-10-15(18-2)11-9-14/h12-15H,3-11,16H2,1-2H3. The van der Waals surface area contributed by atoms with Gasteiger partial charge in [0.2, 0.25) is 0 Å². The molecule has 2 saturated carbocycles. The lowest BCUT2D eigenvalue weighted by Gasteiger charge is -2.43. The first-order valence-electron chi connectivity index (χ1n) is 7.78. The summed E-state index contributed by atoms with van der Waals surface area (Å²) in [5.41, 5.74) is 6.02. The topological polar surface area (TPSA) is 38.5 Å². The van der Waals surface area contributed by atoms with Crippen molar-refractivity contribution in [3.8, 4) is 0 Å². The van der Waals surface area contributed by atoms with Gasteiger partial charge in [-0.3, -0.25) is 4.90 Å². The molecular weight excluding hydrogens is 224 g/mol. The van der Waals surface area contributed by atoms with Crippen LogP contribution in [0.1, 0.15) is 58.3 Å². The van der Waals surface area contributed by atoms with Crippen LogP contribution in [0, 0.1) is 0 Å². The summed E-state index contributed by atoms with van der Waals surface area (Å²) in [7, 11) is 1.85. The molecule has 2 aliphatic rings. The second-order valence-electron chi connectivity index (χ2n) is 6.07. The number of ether oxygens (including phenoxy) is 1. The van der Waals surface area contributed by atoms with Crippen LogP contribution in [-0.4, -0.2) is 42.8 Å². The highest BCUT2D eigenvalue weighted by Gasteiger charge is 2.31. The Morgan fingerprint density at radius 1 is 0.944 bits per heavy atom. The minimum Gasteiger partial charge on any atom is -0.381 e. The molecule has 0 aliphatic heterocycles. The molecule has 2 rings (SSSR count). The lowest BCUT2D eigenvalue weighted by molar-refractivity contribution is 0.0206. The van der Waals surface area contributed by atoms with Crippen LogP contribution in [0.4, 0.5) is 0 Å². The molecule has 0 unspecified atom stereocenters. The molecule has 0 radical (unpaired) electrons. The third-order valence-corrected chi connectivity index (χ3v) is 5.02. The number of rotatable bonds is 4. The second-order valence-corrected chi connectivity index (χ2v) is 6.07. The summed E-state index contributed by atoms with van der Waals surface area (Å²) >= 11 is 0. The molecule has 2 aliphatic carbocycles. The maximum Gasteiger partial charge on any atom is 0.0572 e. The molecule has 0 amide bonds. The predicted octanol–water partition coefficient (Wildman–Crippen LogP) is 2.54. The van der Waals surface area contributed by atoms with E-state index in [-0.39, 0.29) is 0 Å². The van der Waals surface area contributed by atoms with Crippen molar-refractivity contribution in [1.29, 1.82) is 0 Å². The molecule has 0 heterocycles. The lowest BCUT2D eigenvalue weighted by Crippen LogP contribution is -2.48. The minimum atomic E-state index is 0.462. The van der Waals surface area contributed by atoms with E-state index in [0.29, 0.717) is 12.1 Å². The summed E-state index contributed by atoms with van der Waals surface area (Å²) in [6, 6.07) is 2.05. The summed E-state index contributed by atoms with van der Waals surface area (Å²) in [6.45, 7) is 3.51. The highest BCUT2D eigenvalue weighted by atomic mass is 16.5. The van der Waals surface area contributed by atoms with Crippen molar-refractivity contribution in [2.45, 2.75) is 82.5 Å². The second kappa shape index (κ2) is 6.88. The molecule has 0 spiro atoms. The van der Waals surface area contributed by atoms with Gasteiger partial charge in [0.15, 0.2) is 0 Å². The van der Waals surface area contributed by atoms with Crippen molar-refractivity contribution >= 4 is 0 Å². The molecule has 3 heteroatoms. The highest BCUT2D eigenvalue weighted by molar-refractivity contribution is 4.87. The van der Waals surface area contributed by atoms with Crippen LogP contribution in [0.15, 0.2) is 0 Å². The average molecular weight is 254 g/mol. The first-order valence-corrected chi connectivity index (χ1v) is 7.78. The van der Waals surface area contributed by atoms with E-state index in [1.54, 1.807) is 0 Å². The van der Waals surface area contributed by atoms with E-state index in [9.17, 15) is 0 Å². The van der Waals surface area contributed by atoms with E-state index in [0.717, 1.165) is 12.1 Å². The molecule has 106 valence electrons. The smallest absolute Gasteiger partial charge is 0.0572 e. The van der Waals surface area contributed by atoms with E-state index in [1.807, 2.05) is 7.11 Å². The maximum atomic E-state index is 6.02. The fourth-order valence-electron chi connectivity index (χ4n) is 3.86. The Hall–Kier alpha value is -0.120. The first-order chi connectivity index (χ1) is 8.74. The largest absolute Gasteiger partial charge is 0.381 e. The Kier molecular flexibility index (Phi) is 5.46. The van der Waals surface area contributed by atoms with Crippen molar-refractivity contribution in [2.24, 2.45) is 5.73 Å². The molecule has 0 atom stereocenters. The Morgan fingerprint density at radius 2 is 1.44 bits per heavy atom. The van der Waals surface area contributed by atoms with Crippen molar-refractivity contribution in [2.75, 3.05) is 13.7 Å². The Labute approximate surface area is 112 Å². The Bertz CT molecular complexity index is 231. The van der Waals surface area contributed by atoms with Crippen molar-refractivity contribution < 1.29 is 4.74 Å². The fraction of sp³-hybridized carbons (Fsp3) is 1.00. The van der Waals surface area contributed by atoms with Gasteiger partial charge in [0.1, 0.15) is 0 Å². The zero-order valence-electron chi connectivity index (χ0n) is 12.1. The van der Waals surface area contributed by atoms with E-state index < -0.39 is 0 Å². The van der Waals surface area contributed by atoms with Crippen molar-refractivity contribution in [3.63, 3.8) is 0 Å². The average Bonchev–Trinajstić information content (AvgIpc) is 2.42. The number of hydrogen-bond donors (Lipinski definition) is 1. The maximum absolute atomic E-state index is 6.02. The van der Waals surface area contributed by atoms with Crippen LogP contribution in [0.3, 0.4) is 0 Å². The van der Waals surface area contributed by atoms with Crippen LogP contribution in [0.25, 0.3) is 0 Å². The Morgan fingerprint density at radius 3 is 1.89 bits per heavy atom. The first kappa shape index (κ1) is 14.3. The summed E-state index contributed by atoms with van der Waals surface area (Å²) in [5.74, 6) is 0. The number of nitrogens with zero attached hydrogens (tertiary/aromatic N) is 1. The van der Waals surface area contributed by atoms with E-state index in [1.165, 1.54) is 57.9 Å². The zero-order chi connectivity index (χ0) is 13.0. The molecule has 0 saturated heterocycles. The van der Waals surface area contributed by atoms with E-state index in [4.69, 9.17) is 10.5 Å². The van der Waals surface area contributed by atoms with Gasteiger partial charge in [0, 0.05) is 25.2 Å². The molecule has 0 bridgehead atoms. The van der Waals surface area contributed by atoms with Gasteiger partial charge < -0.3 is 10.5 Å². The molecule has 2 N–H and O–H groups in total. The van der Waals surface area contributed by atoms with Gasteiger partial charge in [-0.05, 0) is 57.9 Å². The highest BCUT2D eigenvalue weighted by Crippen LogP contribution is 2.30. The molecule has 0 aromatic rings. The van der Waals surface area contributed by atoms with Gasteiger partial charge in [0.25, 0.3) is 0 Å². The van der Waals surface area contributed by atoms with Gasteiger partial charge in [0.05, 0.1) is 6.10 Å². The Balaban J connectivity index is 1.85. The van der Waals surface area contributed by atoms with Crippen molar-refractivity contribution in [1.82, 2.24) is 4.90 Å². The lowest BCUT2D eigenvalue weighted by atomic mass is 9.86. The van der Waals surface area contributed by atoms with Gasteiger partial charge >= 0.3 is 0 Å². The van der Waals surface area contributed by atoms with Crippen LogP contribution in [0.2, 0.25) is 0 Å². The van der Waals surface area contributed by atoms with Gasteiger partial charge in [-0.25, -0.2) is 0 Å². The summed E-state index contributed by atoms with van der Waals surface area (Å²) in [6.07, 6.45) is 10.7. The third kappa shape index (κ3) is 3.46. The minimum absolute atomic E-state index is 0.462. The molecular formula is C15H30N2O. The molecule has 18 heavy (non-hydrogen) atoms. The third-order valence-electron chi connectivity index (χ3n) is 5.02. The fourth-order valence-corrected chi connectivity index (χ4v) is 3.86. The summed E-state index contributed by atoms with van der Waals surface area (Å²) in [5, 5.41) is 0. The quantitative estimate of drug-likeness (QED) is 0.838. The van der Waals surface area contributed by atoms with Crippen LogP contribution in [0.5, 0.6) is 0 Å². The van der Waals surface area contributed by atoms with Crippen LogP contribution in [-0.2, 0) is 4.74 Å². The zero-order valence-corrected chi connectivity index (χ0v) is 12.1. The number of nitrogens with two attached hydrogens (primary N) is 1. The molecule has 0 aromatic carbocycles. The van der Waals surface area contributed by atoms with Crippen molar-refractivity contribution in [3.05, 3.63) is 0 Å². The van der Waals surface area contributed by atoms with Crippen LogP contribution < -0.4 is 5.73 Å². The van der Waals surface area contributed by atoms with Gasteiger partial charge in [-0.15, -0.1) is 0 Å². The van der Waals surface area contributed by atoms with E-state index >= 15 is 0 Å².